The standard InChI is InChI=1S/C17H15N3O4/c18-13(17(21)22)8-11-9-19-16-14(20(23)24)7-6-12(15(11)16)10-4-2-1-3-5-10/h1-7,9,13,19H,8,18H2,(H,21,22)/t13-/m0/s1. The molecule has 0 fully saturated rings. The van der Waals surface area contributed by atoms with Crippen LogP contribution in [0.25, 0.3) is 22.0 Å². The number of nitrogens with zero attached hydrogens (tertiary/aromatic N) is 1. The second-order valence-electron chi connectivity index (χ2n) is 5.47. The minimum Gasteiger partial charge on any atom is -0.480 e. The summed E-state index contributed by atoms with van der Waals surface area (Å²) in [5, 5.41) is 20.9. The fourth-order valence-electron chi connectivity index (χ4n) is 2.80. The number of nitro benzene ring substituents is 1. The van der Waals surface area contributed by atoms with Crippen LogP contribution in [0.5, 0.6) is 0 Å². The molecular weight excluding hydrogens is 310 g/mol. The van der Waals surface area contributed by atoms with E-state index in [0.29, 0.717) is 16.5 Å². The van der Waals surface area contributed by atoms with Crippen molar-refractivity contribution in [2.45, 2.75) is 12.5 Å². The Morgan fingerprint density at radius 2 is 1.96 bits per heavy atom. The van der Waals surface area contributed by atoms with Gasteiger partial charge in [0, 0.05) is 24.1 Å². The van der Waals surface area contributed by atoms with Crippen LogP contribution in [0.2, 0.25) is 0 Å². The van der Waals surface area contributed by atoms with Crippen LogP contribution in [-0.2, 0) is 11.2 Å². The van der Waals surface area contributed by atoms with E-state index in [1.54, 1.807) is 12.3 Å². The molecule has 1 heterocycles. The second-order valence-corrected chi connectivity index (χ2v) is 5.47. The third kappa shape index (κ3) is 2.72. The van der Waals surface area contributed by atoms with Crippen molar-refractivity contribution in [3.8, 4) is 11.1 Å². The zero-order valence-corrected chi connectivity index (χ0v) is 12.6. The second kappa shape index (κ2) is 6.13. The van der Waals surface area contributed by atoms with Crippen LogP contribution in [0, 0.1) is 10.1 Å². The molecule has 0 saturated heterocycles. The quantitative estimate of drug-likeness (QED) is 0.491. The van der Waals surface area contributed by atoms with Gasteiger partial charge in [-0.1, -0.05) is 30.3 Å². The minimum atomic E-state index is -1.11. The number of carboxylic acids is 1. The monoisotopic (exact) mass is 325 g/mol. The summed E-state index contributed by atoms with van der Waals surface area (Å²) in [6.45, 7) is 0. The highest BCUT2D eigenvalue weighted by molar-refractivity contribution is 6.02. The molecule has 0 aliphatic carbocycles. The summed E-state index contributed by atoms with van der Waals surface area (Å²) in [7, 11) is 0. The van der Waals surface area contributed by atoms with Crippen LogP contribution in [-0.4, -0.2) is 27.0 Å². The van der Waals surface area contributed by atoms with E-state index in [1.165, 1.54) is 6.07 Å². The average molecular weight is 325 g/mol. The predicted molar refractivity (Wildman–Crippen MR) is 89.7 cm³/mol. The van der Waals surface area contributed by atoms with E-state index in [2.05, 4.69) is 4.98 Å². The molecule has 0 aliphatic rings. The van der Waals surface area contributed by atoms with E-state index in [9.17, 15) is 14.9 Å². The summed E-state index contributed by atoms with van der Waals surface area (Å²) in [6, 6.07) is 11.5. The van der Waals surface area contributed by atoms with Crippen LogP contribution in [0.15, 0.2) is 48.7 Å². The molecule has 7 heteroatoms. The number of hydrogen-bond donors (Lipinski definition) is 3. The van der Waals surface area contributed by atoms with Crippen LogP contribution in [0.3, 0.4) is 0 Å². The molecule has 0 saturated carbocycles. The molecule has 0 spiro atoms. The molecule has 0 radical (unpaired) electrons. The Morgan fingerprint density at radius 1 is 1.25 bits per heavy atom. The van der Waals surface area contributed by atoms with Crippen molar-refractivity contribution >= 4 is 22.6 Å². The summed E-state index contributed by atoms with van der Waals surface area (Å²) in [5.41, 5.74) is 8.28. The Labute approximate surface area is 136 Å². The van der Waals surface area contributed by atoms with E-state index in [-0.39, 0.29) is 12.1 Å². The molecule has 2 aromatic carbocycles. The fraction of sp³-hybridized carbons (Fsp3) is 0.118. The molecule has 0 amide bonds. The number of carbonyl (C=O) groups is 1. The largest absolute Gasteiger partial charge is 0.480 e. The third-order valence-corrected chi connectivity index (χ3v) is 3.93. The summed E-state index contributed by atoms with van der Waals surface area (Å²) in [5.74, 6) is -1.11. The molecule has 3 aromatic rings. The van der Waals surface area contributed by atoms with Crippen molar-refractivity contribution in [1.82, 2.24) is 4.98 Å². The average Bonchev–Trinajstić information content (AvgIpc) is 2.98. The number of aromatic amines is 1. The highest BCUT2D eigenvalue weighted by atomic mass is 16.6. The lowest BCUT2D eigenvalue weighted by molar-refractivity contribution is -0.383. The maximum Gasteiger partial charge on any atom is 0.320 e. The van der Waals surface area contributed by atoms with Crippen molar-refractivity contribution in [2.24, 2.45) is 5.73 Å². The Hall–Kier alpha value is -3.19. The highest BCUT2D eigenvalue weighted by Gasteiger charge is 2.22. The van der Waals surface area contributed by atoms with Crippen molar-refractivity contribution in [1.29, 1.82) is 0 Å². The number of fused-ring (bicyclic) bond motifs is 1. The molecule has 4 N–H and O–H groups in total. The van der Waals surface area contributed by atoms with Gasteiger partial charge < -0.3 is 15.8 Å². The first-order chi connectivity index (χ1) is 11.5. The summed E-state index contributed by atoms with van der Waals surface area (Å²) in [4.78, 5) is 24.8. The molecule has 1 atom stereocenters. The van der Waals surface area contributed by atoms with E-state index < -0.39 is 16.9 Å². The van der Waals surface area contributed by atoms with Gasteiger partial charge in [0.2, 0.25) is 0 Å². The number of carboxylic acid groups (broad SMARTS) is 1. The van der Waals surface area contributed by atoms with E-state index in [4.69, 9.17) is 10.8 Å². The number of benzene rings is 2. The number of non-ortho nitro benzene ring substituents is 1. The third-order valence-electron chi connectivity index (χ3n) is 3.93. The Morgan fingerprint density at radius 3 is 2.58 bits per heavy atom. The Balaban J connectivity index is 2.24. The first-order valence-corrected chi connectivity index (χ1v) is 7.30. The molecule has 0 aliphatic heterocycles. The zero-order chi connectivity index (χ0) is 17.3. The lowest BCUT2D eigenvalue weighted by Crippen LogP contribution is -2.32. The first kappa shape index (κ1) is 15.7. The van der Waals surface area contributed by atoms with Gasteiger partial charge in [-0.05, 0) is 22.8 Å². The molecule has 0 bridgehead atoms. The zero-order valence-electron chi connectivity index (χ0n) is 12.6. The lowest BCUT2D eigenvalue weighted by atomic mass is 9.96. The van der Waals surface area contributed by atoms with Crippen LogP contribution in [0.1, 0.15) is 5.56 Å². The number of nitro groups is 1. The number of hydrogen-bond acceptors (Lipinski definition) is 4. The molecule has 3 rings (SSSR count). The van der Waals surface area contributed by atoms with Gasteiger partial charge in [0.1, 0.15) is 11.6 Å². The molecule has 7 nitrogen and oxygen atoms in total. The molecular formula is C17H15N3O4. The van der Waals surface area contributed by atoms with Gasteiger partial charge in [0.15, 0.2) is 0 Å². The number of H-pyrrole nitrogens is 1. The maximum atomic E-state index is 11.3. The number of rotatable bonds is 5. The van der Waals surface area contributed by atoms with Gasteiger partial charge in [-0.25, -0.2) is 0 Å². The first-order valence-electron chi connectivity index (χ1n) is 7.30. The van der Waals surface area contributed by atoms with E-state index in [0.717, 1.165) is 11.1 Å². The van der Waals surface area contributed by atoms with Crippen LogP contribution in [0.4, 0.5) is 5.69 Å². The van der Waals surface area contributed by atoms with Crippen molar-refractivity contribution in [2.75, 3.05) is 0 Å². The Kier molecular flexibility index (Phi) is 4.01. The van der Waals surface area contributed by atoms with Crippen molar-refractivity contribution in [3.63, 3.8) is 0 Å². The summed E-state index contributed by atoms with van der Waals surface area (Å²) in [6.07, 6.45) is 1.67. The van der Waals surface area contributed by atoms with Crippen molar-refractivity contribution in [3.05, 3.63) is 64.3 Å². The highest BCUT2D eigenvalue weighted by Crippen LogP contribution is 2.36. The van der Waals surface area contributed by atoms with Crippen molar-refractivity contribution < 1.29 is 14.8 Å². The Bertz CT molecular complexity index is 918. The van der Waals surface area contributed by atoms with Crippen LogP contribution >= 0.6 is 0 Å². The maximum absolute atomic E-state index is 11.3. The number of nitrogens with one attached hydrogen (secondary N) is 1. The molecule has 24 heavy (non-hydrogen) atoms. The number of aromatic nitrogens is 1. The van der Waals surface area contributed by atoms with E-state index in [1.807, 2.05) is 30.3 Å². The topological polar surface area (TPSA) is 122 Å². The summed E-state index contributed by atoms with van der Waals surface area (Å²) >= 11 is 0. The molecule has 0 unspecified atom stereocenters. The molecule has 1 aromatic heterocycles. The molecule has 122 valence electrons. The predicted octanol–water partition coefficient (Wildman–Crippen LogP) is 2.70. The fourth-order valence-corrected chi connectivity index (χ4v) is 2.80. The van der Waals surface area contributed by atoms with Gasteiger partial charge in [-0.3, -0.25) is 14.9 Å². The smallest absolute Gasteiger partial charge is 0.320 e. The van der Waals surface area contributed by atoms with Crippen LogP contribution < -0.4 is 5.73 Å². The SMILES string of the molecule is N[C@@H](Cc1c[nH]c2c([N+](=O)[O-])ccc(-c3ccccc3)c12)C(=O)O. The lowest BCUT2D eigenvalue weighted by Gasteiger charge is -2.09. The van der Waals surface area contributed by atoms with Gasteiger partial charge in [0.05, 0.1) is 4.92 Å². The van der Waals surface area contributed by atoms with Gasteiger partial charge in [0.25, 0.3) is 5.69 Å². The van der Waals surface area contributed by atoms with Gasteiger partial charge >= 0.3 is 5.97 Å². The van der Waals surface area contributed by atoms with E-state index >= 15 is 0 Å². The summed E-state index contributed by atoms with van der Waals surface area (Å²) < 4.78 is 0. The number of nitrogens with two attached hydrogens (primary N) is 1. The number of aliphatic carboxylic acids is 1. The normalized spacial score (nSPS) is 12.2. The van der Waals surface area contributed by atoms with Gasteiger partial charge in [-0.15, -0.1) is 0 Å². The minimum absolute atomic E-state index is 0.0557. The van der Waals surface area contributed by atoms with Gasteiger partial charge in [-0.2, -0.15) is 0 Å².